The van der Waals surface area contributed by atoms with E-state index in [1.54, 1.807) is 7.11 Å². The quantitative estimate of drug-likeness (QED) is 0.444. The molecule has 0 aliphatic carbocycles. The maximum absolute atomic E-state index is 5.09. The highest BCUT2D eigenvalue weighted by Gasteiger charge is 2.00. The molecule has 0 saturated heterocycles. The zero-order valence-electron chi connectivity index (χ0n) is 7.55. The molecule has 0 aromatic heterocycles. The lowest BCUT2D eigenvalue weighted by Gasteiger charge is -2.08. The molecule has 2 unspecified atom stereocenters. The van der Waals surface area contributed by atoms with E-state index in [1.807, 2.05) is 0 Å². The van der Waals surface area contributed by atoms with Crippen LogP contribution in [-0.2, 0) is 4.74 Å². The predicted molar refractivity (Wildman–Crippen MR) is 54.0 cm³/mol. The molecule has 0 amide bonds. The third-order valence-corrected chi connectivity index (χ3v) is 1.90. The average molecular weight is 174 g/mol. The predicted octanol–water partition coefficient (Wildman–Crippen LogP) is 2.48. The van der Waals surface area contributed by atoms with E-state index in [-0.39, 0.29) is 0 Å². The first-order valence-corrected chi connectivity index (χ1v) is 5.02. The number of hydrogen-bond donors (Lipinski definition) is 0. The molecule has 0 aliphatic rings. The minimum absolute atomic E-state index is 0.609. The number of hydrogen-bond acceptors (Lipinski definition) is 1. The standard InChI is InChI=1S/C9H19OP/c1-3-4-5-9(6-7-11)8-10-2/h4-5,9H,3,6-8,11H2,1-2H3. The van der Waals surface area contributed by atoms with Gasteiger partial charge >= 0.3 is 0 Å². The highest BCUT2D eigenvalue weighted by molar-refractivity contribution is 7.16. The normalized spacial score (nSPS) is 14.1. The summed E-state index contributed by atoms with van der Waals surface area (Å²) in [6.45, 7) is 3.01. The molecule has 0 saturated carbocycles. The molecule has 0 N–H and O–H groups in total. The fourth-order valence-electron chi connectivity index (χ4n) is 0.992. The largest absolute Gasteiger partial charge is 0.384 e. The second kappa shape index (κ2) is 8.23. The summed E-state index contributed by atoms with van der Waals surface area (Å²) in [4.78, 5) is 0. The summed E-state index contributed by atoms with van der Waals surface area (Å²) in [7, 11) is 4.51. The maximum atomic E-state index is 5.09. The van der Waals surface area contributed by atoms with Crippen LogP contribution < -0.4 is 0 Å². The Balaban J connectivity index is 3.58. The minimum atomic E-state index is 0.609. The molecule has 11 heavy (non-hydrogen) atoms. The van der Waals surface area contributed by atoms with Gasteiger partial charge in [-0.3, -0.25) is 0 Å². The van der Waals surface area contributed by atoms with Gasteiger partial charge < -0.3 is 4.74 Å². The zero-order valence-corrected chi connectivity index (χ0v) is 8.70. The minimum Gasteiger partial charge on any atom is -0.384 e. The van der Waals surface area contributed by atoms with E-state index in [1.165, 1.54) is 6.42 Å². The van der Waals surface area contributed by atoms with E-state index in [9.17, 15) is 0 Å². The van der Waals surface area contributed by atoms with Crippen molar-refractivity contribution < 1.29 is 4.74 Å². The van der Waals surface area contributed by atoms with Crippen LogP contribution in [0.3, 0.4) is 0 Å². The number of rotatable bonds is 6. The molecule has 0 radical (unpaired) electrons. The smallest absolute Gasteiger partial charge is 0.0525 e. The van der Waals surface area contributed by atoms with Gasteiger partial charge in [-0.2, -0.15) is 0 Å². The van der Waals surface area contributed by atoms with E-state index >= 15 is 0 Å². The van der Waals surface area contributed by atoms with Crippen LogP contribution in [0.15, 0.2) is 12.2 Å². The number of allylic oxidation sites excluding steroid dienone is 1. The summed E-state index contributed by atoms with van der Waals surface area (Å²) >= 11 is 0. The molecular weight excluding hydrogens is 155 g/mol. The van der Waals surface area contributed by atoms with Gasteiger partial charge in [-0.15, -0.1) is 9.24 Å². The molecule has 0 fully saturated rings. The summed E-state index contributed by atoms with van der Waals surface area (Å²) < 4.78 is 5.09. The van der Waals surface area contributed by atoms with Crippen LogP contribution in [0.1, 0.15) is 19.8 Å². The first-order valence-electron chi connectivity index (χ1n) is 4.20. The van der Waals surface area contributed by atoms with Gasteiger partial charge in [-0.25, -0.2) is 0 Å². The molecule has 0 bridgehead atoms. The molecule has 66 valence electrons. The molecule has 2 heteroatoms. The Labute approximate surface area is 72.4 Å². The van der Waals surface area contributed by atoms with E-state index in [0.29, 0.717) is 5.92 Å². The highest BCUT2D eigenvalue weighted by atomic mass is 31.0. The summed E-state index contributed by atoms with van der Waals surface area (Å²) in [5.74, 6) is 0.609. The lowest BCUT2D eigenvalue weighted by atomic mass is 10.1. The molecule has 1 nitrogen and oxygen atoms in total. The maximum Gasteiger partial charge on any atom is 0.0525 e. The Morgan fingerprint density at radius 3 is 2.73 bits per heavy atom. The van der Waals surface area contributed by atoms with Gasteiger partial charge in [0.25, 0.3) is 0 Å². The van der Waals surface area contributed by atoms with Crippen molar-refractivity contribution in [3.05, 3.63) is 12.2 Å². The Kier molecular flexibility index (Phi) is 8.33. The molecule has 0 spiro atoms. The zero-order chi connectivity index (χ0) is 8.53. The van der Waals surface area contributed by atoms with E-state index in [0.717, 1.165) is 19.2 Å². The van der Waals surface area contributed by atoms with Gasteiger partial charge in [-0.1, -0.05) is 19.1 Å². The summed E-state index contributed by atoms with van der Waals surface area (Å²) in [6.07, 6.45) is 7.95. The van der Waals surface area contributed by atoms with E-state index in [2.05, 4.69) is 28.3 Å². The summed E-state index contributed by atoms with van der Waals surface area (Å²) in [6, 6.07) is 0. The second-order valence-corrected chi connectivity index (χ2v) is 3.21. The third kappa shape index (κ3) is 6.52. The summed E-state index contributed by atoms with van der Waals surface area (Å²) in [5.41, 5.74) is 0. The fraction of sp³-hybridized carbons (Fsp3) is 0.778. The van der Waals surface area contributed by atoms with Crippen LogP contribution in [0.25, 0.3) is 0 Å². The Bertz CT molecular complexity index is 95.7. The van der Waals surface area contributed by atoms with Crippen molar-refractivity contribution in [3.63, 3.8) is 0 Å². The van der Waals surface area contributed by atoms with Crippen LogP contribution in [0, 0.1) is 5.92 Å². The van der Waals surface area contributed by atoms with Crippen molar-refractivity contribution in [2.45, 2.75) is 19.8 Å². The van der Waals surface area contributed by atoms with Gasteiger partial charge in [0.15, 0.2) is 0 Å². The molecule has 0 aliphatic heterocycles. The number of ether oxygens (including phenoxy) is 1. The lowest BCUT2D eigenvalue weighted by molar-refractivity contribution is 0.168. The topological polar surface area (TPSA) is 9.23 Å². The average Bonchev–Trinajstić information content (AvgIpc) is 2.01. The fourth-order valence-corrected chi connectivity index (χ4v) is 1.42. The Hall–Kier alpha value is 0.130. The van der Waals surface area contributed by atoms with E-state index < -0.39 is 0 Å². The Morgan fingerprint density at radius 1 is 1.55 bits per heavy atom. The van der Waals surface area contributed by atoms with Gasteiger partial charge in [-0.05, 0) is 19.0 Å². The van der Waals surface area contributed by atoms with Crippen LogP contribution >= 0.6 is 9.24 Å². The van der Waals surface area contributed by atoms with E-state index in [4.69, 9.17) is 4.74 Å². The van der Waals surface area contributed by atoms with Crippen LogP contribution in [0.4, 0.5) is 0 Å². The van der Waals surface area contributed by atoms with Crippen molar-refractivity contribution in [3.8, 4) is 0 Å². The highest BCUT2D eigenvalue weighted by Crippen LogP contribution is 2.08. The van der Waals surface area contributed by atoms with Crippen molar-refractivity contribution in [2.75, 3.05) is 19.9 Å². The Morgan fingerprint density at radius 2 is 2.27 bits per heavy atom. The van der Waals surface area contributed by atoms with Crippen LogP contribution in [0.2, 0.25) is 0 Å². The molecule has 2 atom stereocenters. The SMILES string of the molecule is CCC=CC(CCP)COC. The molecule has 0 aromatic carbocycles. The van der Waals surface area contributed by atoms with Gasteiger partial charge in [0.2, 0.25) is 0 Å². The van der Waals surface area contributed by atoms with Gasteiger partial charge in [0.05, 0.1) is 6.61 Å². The van der Waals surface area contributed by atoms with Crippen molar-refractivity contribution in [1.29, 1.82) is 0 Å². The number of methoxy groups -OCH3 is 1. The molecule has 0 heterocycles. The molecule has 0 rings (SSSR count). The lowest BCUT2D eigenvalue weighted by Crippen LogP contribution is -2.05. The summed E-state index contributed by atoms with van der Waals surface area (Å²) in [5, 5.41) is 0. The van der Waals surface area contributed by atoms with Gasteiger partial charge in [0, 0.05) is 13.0 Å². The van der Waals surface area contributed by atoms with Gasteiger partial charge in [0.1, 0.15) is 0 Å². The third-order valence-electron chi connectivity index (χ3n) is 1.56. The van der Waals surface area contributed by atoms with Crippen molar-refractivity contribution >= 4 is 9.24 Å². The monoisotopic (exact) mass is 174 g/mol. The first-order chi connectivity index (χ1) is 5.35. The first kappa shape index (κ1) is 11.1. The second-order valence-electron chi connectivity index (χ2n) is 2.63. The van der Waals surface area contributed by atoms with Crippen molar-refractivity contribution in [2.24, 2.45) is 5.92 Å². The van der Waals surface area contributed by atoms with Crippen molar-refractivity contribution in [1.82, 2.24) is 0 Å². The molecule has 0 aromatic rings. The van der Waals surface area contributed by atoms with Crippen LogP contribution in [-0.4, -0.2) is 19.9 Å². The molecular formula is C9H19OP. The van der Waals surface area contributed by atoms with Crippen LogP contribution in [0.5, 0.6) is 0 Å².